The number of benzene rings is 1. The molecule has 1 aromatic heterocycles. The van der Waals surface area contributed by atoms with Gasteiger partial charge in [-0.25, -0.2) is 9.97 Å². The van der Waals surface area contributed by atoms with Gasteiger partial charge in [0, 0.05) is 6.07 Å². The predicted molar refractivity (Wildman–Crippen MR) is 73.6 cm³/mol. The minimum Gasteiger partial charge on any atom is -0.384 e. The highest BCUT2D eigenvalue weighted by Gasteiger charge is 2.05. The molecule has 0 saturated carbocycles. The Morgan fingerprint density at radius 3 is 2.82 bits per heavy atom. The van der Waals surface area contributed by atoms with Crippen molar-refractivity contribution in [2.75, 3.05) is 11.1 Å². The highest BCUT2D eigenvalue weighted by molar-refractivity contribution is 9.10. The van der Waals surface area contributed by atoms with E-state index in [9.17, 15) is 0 Å². The number of aryl methyl sites for hydroxylation is 1. The van der Waals surface area contributed by atoms with E-state index in [1.165, 1.54) is 0 Å². The summed E-state index contributed by atoms with van der Waals surface area (Å²) < 4.78 is 0.788. The van der Waals surface area contributed by atoms with Gasteiger partial charge in [-0.3, -0.25) is 0 Å². The Morgan fingerprint density at radius 1 is 1.35 bits per heavy atom. The number of hydrogen-bond acceptors (Lipinski definition) is 4. The number of halogens is 2. The smallest absolute Gasteiger partial charge is 0.136 e. The number of rotatable bonds is 2. The van der Waals surface area contributed by atoms with Gasteiger partial charge < -0.3 is 11.1 Å². The summed E-state index contributed by atoms with van der Waals surface area (Å²) in [6.45, 7) is 1.79. The van der Waals surface area contributed by atoms with Crippen LogP contribution in [0.1, 0.15) is 5.82 Å². The zero-order valence-electron chi connectivity index (χ0n) is 9.04. The fourth-order valence-corrected chi connectivity index (χ4v) is 1.93. The van der Waals surface area contributed by atoms with Crippen LogP contribution in [0.5, 0.6) is 0 Å². The van der Waals surface area contributed by atoms with Crippen LogP contribution in [-0.4, -0.2) is 9.97 Å². The molecule has 1 aromatic carbocycles. The molecule has 0 saturated heterocycles. The van der Waals surface area contributed by atoms with E-state index < -0.39 is 0 Å². The molecular formula is C11H10BrClN4. The topological polar surface area (TPSA) is 63.8 Å². The number of hydrogen-bond donors (Lipinski definition) is 2. The van der Waals surface area contributed by atoms with Crippen molar-refractivity contribution in [1.82, 2.24) is 9.97 Å². The fourth-order valence-electron chi connectivity index (χ4n) is 1.39. The highest BCUT2D eigenvalue weighted by atomic mass is 79.9. The Hall–Kier alpha value is -1.33. The van der Waals surface area contributed by atoms with Crippen LogP contribution in [0.15, 0.2) is 28.7 Å². The van der Waals surface area contributed by atoms with Crippen molar-refractivity contribution in [3.63, 3.8) is 0 Å². The summed E-state index contributed by atoms with van der Waals surface area (Å²) in [5, 5.41) is 3.77. The molecule has 0 atom stereocenters. The molecule has 0 unspecified atom stereocenters. The van der Waals surface area contributed by atoms with Gasteiger partial charge >= 0.3 is 0 Å². The first-order chi connectivity index (χ1) is 8.06. The zero-order chi connectivity index (χ0) is 12.4. The number of nitrogens with zero attached hydrogens (tertiary/aromatic N) is 2. The molecule has 0 bridgehead atoms. The van der Waals surface area contributed by atoms with E-state index in [0.717, 1.165) is 10.2 Å². The van der Waals surface area contributed by atoms with Crippen LogP contribution in [0.3, 0.4) is 0 Å². The van der Waals surface area contributed by atoms with Gasteiger partial charge in [-0.05, 0) is 35.0 Å². The molecule has 88 valence electrons. The predicted octanol–water partition coefficient (Wildman–Crippen LogP) is 3.53. The first kappa shape index (κ1) is 12.1. The monoisotopic (exact) mass is 312 g/mol. The summed E-state index contributed by atoms with van der Waals surface area (Å²) in [5.41, 5.74) is 6.48. The number of anilines is 3. The normalized spacial score (nSPS) is 10.3. The lowest BCUT2D eigenvalue weighted by atomic mass is 10.3. The van der Waals surface area contributed by atoms with Gasteiger partial charge in [0.2, 0.25) is 0 Å². The Kier molecular flexibility index (Phi) is 3.49. The molecule has 0 radical (unpaired) electrons. The van der Waals surface area contributed by atoms with E-state index in [0.29, 0.717) is 22.5 Å². The maximum atomic E-state index is 6.00. The van der Waals surface area contributed by atoms with Gasteiger partial charge in [-0.1, -0.05) is 17.7 Å². The van der Waals surface area contributed by atoms with Crippen LogP contribution in [-0.2, 0) is 0 Å². The van der Waals surface area contributed by atoms with Crippen molar-refractivity contribution in [2.24, 2.45) is 0 Å². The molecule has 1 heterocycles. The second-order valence-corrected chi connectivity index (χ2v) is 4.65. The lowest BCUT2D eigenvalue weighted by molar-refractivity contribution is 1.06. The fraction of sp³-hybridized carbons (Fsp3) is 0.0909. The van der Waals surface area contributed by atoms with Gasteiger partial charge in [0.25, 0.3) is 0 Å². The van der Waals surface area contributed by atoms with Gasteiger partial charge in [0.05, 0.1) is 15.2 Å². The van der Waals surface area contributed by atoms with E-state index >= 15 is 0 Å². The number of nitrogens with two attached hydrogens (primary N) is 1. The molecule has 2 aromatic rings. The van der Waals surface area contributed by atoms with Crippen LogP contribution in [0, 0.1) is 6.92 Å². The minimum absolute atomic E-state index is 0.429. The molecule has 4 nitrogen and oxygen atoms in total. The lowest BCUT2D eigenvalue weighted by Gasteiger charge is -2.09. The van der Waals surface area contributed by atoms with Crippen LogP contribution < -0.4 is 11.1 Å². The molecule has 0 amide bonds. The largest absolute Gasteiger partial charge is 0.384 e. The van der Waals surface area contributed by atoms with E-state index in [1.54, 1.807) is 19.1 Å². The van der Waals surface area contributed by atoms with Crippen molar-refractivity contribution in [3.8, 4) is 0 Å². The first-order valence-corrected chi connectivity index (χ1v) is 6.05. The third-order valence-electron chi connectivity index (χ3n) is 2.07. The van der Waals surface area contributed by atoms with E-state index in [4.69, 9.17) is 17.3 Å². The van der Waals surface area contributed by atoms with Gasteiger partial charge in [0.15, 0.2) is 0 Å². The standard InChI is InChI=1S/C11H10BrClN4/c1-6-15-9(14)5-10(16-6)17-8-4-2-3-7(13)11(8)12/h2-5H,1H3,(H3,14,15,16,17). The molecule has 0 spiro atoms. The van der Waals surface area contributed by atoms with Crippen molar-refractivity contribution in [3.05, 3.63) is 39.6 Å². The first-order valence-electron chi connectivity index (χ1n) is 4.88. The van der Waals surface area contributed by atoms with Gasteiger partial charge in [0.1, 0.15) is 17.5 Å². The Balaban J connectivity index is 2.34. The number of aromatic nitrogens is 2. The maximum Gasteiger partial charge on any atom is 0.136 e. The molecular weight excluding hydrogens is 304 g/mol. The summed E-state index contributed by atoms with van der Waals surface area (Å²) in [6, 6.07) is 7.22. The average Bonchev–Trinajstić information content (AvgIpc) is 2.23. The summed E-state index contributed by atoms with van der Waals surface area (Å²) >= 11 is 9.40. The van der Waals surface area contributed by atoms with Crippen LogP contribution in [0.2, 0.25) is 5.02 Å². The van der Waals surface area contributed by atoms with Gasteiger partial charge in [-0.15, -0.1) is 0 Å². The Bertz CT molecular complexity index is 539. The Morgan fingerprint density at radius 2 is 2.12 bits per heavy atom. The number of nitrogens with one attached hydrogen (secondary N) is 1. The maximum absolute atomic E-state index is 6.00. The minimum atomic E-state index is 0.429. The summed E-state index contributed by atoms with van der Waals surface area (Å²) in [7, 11) is 0. The SMILES string of the molecule is Cc1nc(N)cc(Nc2cccc(Cl)c2Br)n1. The van der Waals surface area contributed by atoms with E-state index in [-0.39, 0.29) is 0 Å². The van der Waals surface area contributed by atoms with Crippen LogP contribution in [0.25, 0.3) is 0 Å². The number of nitrogen functional groups attached to an aromatic ring is 1. The van der Waals surface area contributed by atoms with Crippen molar-refractivity contribution in [1.29, 1.82) is 0 Å². The zero-order valence-corrected chi connectivity index (χ0v) is 11.4. The molecule has 0 aliphatic heterocycles. The molecule has 0 aliphatic rings. The molecule has 0 fully saturated rings. The highest BCUT2D eigenvalue weighted by Crippen LogP contribution is 2.31. The summed E-state index contributed by atoms with van der Waals surface area (Å²) in [6.07, 6.45) is 0. The summed E-state index contributed by atoms with van der Waals surface area (Å²) in [5.74, 6) is 1.68. The van der Waals surface area contributed by atoms with Crippen LogP contribution >= 0.6 is 27.5 Å². The molecule has 17 heavy (non-hydrogen) atoms. The third-order valence-corrected chi connectivity index (χ3v) is 3.47. The second-order valence-electron chi connectivity index (χ2n) is 3.45. The van der Waals surface area contributed by atoms with Gasteiger partial charge in [-0.2, -0.15) is 0 Å². The molecule has 2 rings (SSSR count). The average molecular weight is 314 g/mol. The second kappa shape index (κ2) is 4.89. The third kappa shape index (κ3) is 2.87. The molecule has 3 N–H and O–H groups in total. The van der Waals surface area contributed by atoms with Crippen LogP contribution in [0.4, 0.5) is 17.3 Å². The lowest BCUT2D eigenvalue weighted by Crippen LogP contribution is -2.01. The van der Waals surface area contributed by atoms with Crippen molar-refractivity contribution < 1.29 is 0 Å². The quantitative estimate of drug-likeness (QED) is 0.890. The molecule has 6 heteroatoms. The molecule has 0 aliphatic carbocycles. The summed E-state index contributed by atoms with van der Waals surface area (Å²) in [4.78, 5) is 8.24. The van der Waals surface area contributed by atoms with Crippen molar-refractivity contribution >= 4 is 44.9 Å². The van der Waals surface area contributed by atoms with E-state index in [1.807, 2.05) is 12.1 Å². The van der Waals surface area contributed by atoms with E-state index in [2.05, 4.69) is 31.2 Å². The Labute approximate surface area is 112 Å². The van der Waals surface area contributed by atoms with Crippen molar-refractivity contribution in [2.45, 2.75) is 6.92 Å².